The number of anilines is 1. The highest BCUT2D eigenvalue weighted by Crippen LogP contribution is 2.30. The molecule has 0 saturated heterocycles. The number of aromatic nitrogens is 1. The maximum absolute atomic E-state index is 13.0. The molecule has 2 aromatic carbocycles. The molecule has 0 atom stereocenters. The van der Waals surface area contributed by atoms with Gasteiger partial charge in [-0.15, -0.1) is 0 Å². The summed E-state index contributed by atoms with van der Waals surface area (Å²) in [4.78, 5) is 4.31. The van der Waals surface area contributed by atoms with Crippen LogP contribution in [0.1, 0.15) is 6.92 Å². The highest BCUT2D eigenvalue weighted by atomic mass is 32.2. The minimum Gasteiger partial charge on any atom is -0.492 e. The summed E-state index contributed by atoms with van der Waals surface area (Å²) in [6, 6.07) is 11.5. The number of halogens is 1. The molecule has 5 nitrogen and oxygen atoms in total. The molecule has 1 N–H and O–H groups in total. The van der Waals surface area contributed by atoms with E-state index in [1.165, 1.54) is 30.3 Å². The van der Waals surface area contributed by atoms with Crippen molar-refractivity contribution in [3.8, 4) is 5.75 Å². The zero-order valence-corrected chi connectivity index (χ0v) is 13.7. The van der Waals surface area contributed by atoms with Crippen LogP contribution in [0.2, 0.25) is 0 Å². The predicted molar refractivity (Wildman–Crippen MR) is 90.1 cm³/mol. The summed E-state index contributed by atoms with van der Waals surface area (Å²) in [5.74, 6) is 0.0856. The SMILES string of the molecule is CCOc1ccc(S(=O)(=O)Nc2ccc(F)cc2)c2cccnc12. The fourth-order valence-corrected chi connectivity index (χ4v) is 3.61. The van der Waals surface area contributed by atoms with Crippen LogP contribution in [0.3, 0.4) is 0 Å². The van der Waals surface area contributed by atoms with Gasteiger partial charge in [0.05, 0.1) is 11.5 Å². The summed E-state index contributed by atoms with van der Waals surface area (Å²) in [5.41, 5.74) is 0.753. The summed E-state index contributed by atoms with van der Waals surface area (Å²) in [5, 5.41) is 0.457. The summed E-state index contributed by atoms with van der Waals surface area (Å²) in [6.45, 7) is 2.29. The third kappa shape index (κ3) is 3.16. The van der Waals surface area contributed by atoms with Gasteiger partial charge in [0.15, 0.2) is 0 Å². The second-order valence-corrected chi connectivity index (χ2v) is 6.66. The monoisotopic (exact) mass is 346 g/mol. The molecule has 3 aromatic rings. The van der Waals surface area contributed by atoms with Crippen LogP contribution in [0.5, 0.6) is 5.75 Å². The molecule has 1 heterocycles. The lowest BCUT2D eigenvalue weighted by Crippen LogP contribution is -2.13. The quantitative estimate of drug-likeness (QED) is 0.767. The Bertz CT molecular complexity index is 973. The summed E-state index contributed by atoms with van der Waals surface area (Å²) < 4.78 is 46.3. The van der Waals surface area contributed by atoms with Crippen LogP contribution in [0.15, 0.2) is 59.6 Å². The Kier molecular flexibility index (Phi) is 4.35. The molecule has 7 heteroatoms. The Labute approximate surface area is 139 Å². The van der Waals surface area contributed by atoms with E-state index >= 15 is 0 Å². The summed E-state index contributed by atoms with van der Waals surface area (Å²) >= 11 is 0. The van der Waals surface area contributed by atoms with Crippen molar-refractivity contribution < 1.29 is 17.5 Å². The Morgan fingerprint density at radius 2 is 1.88 bits per heavy atom. The smallest absolute Gasteiger partial charge is 0.262 e. The van der Waals surface area contributed by atoms with Crippen LogP contribution >= 0.6 is 0 Å². The molecule has 1 aromatic heterocycles. The second-order valence-electron chi connectivity index (χ2n) is 5.01. The molecule has 0 aliphatic heterocycles. The molecule has 0 saturated carbocycles. The van der Waals surface area contributed by atoms with Crippen molar-refractivity contribution in [1.29, 1.82) is 0 Å². The number of ether oxygens (including phenoxy) is 1. The van der Waals surface area contributed by atoms with E-state index in [-0.39, 0.29) is 10.6 Å². The molecule has 124 valence electrons. The molecule has 0 bridgehead atoms. The van der Waals surface area contributed by atoms with Crippen molar-refractivity contribution in [3.05, 3.63) is 60.5 Å². The number of rotatable bonds is 5. The molecule has 0 fully saturated rings. The van der Waals surface area contributed by atoms with Gasteiger partial charge in [-0.25, -0.2) is 12.8 Å². The Balaban J connectivity index is 2.08. The van der Waals surface area contributed by atoms with Crippen molar-refractivity contribution in [2.45, 2.75) is 11.8 Å². The van der Waals surface area contributed by atoms with Gasteiger partial charge >= 0.3 is 0 Å². The van der Waals surface area contributed by atoms with Crippen molar-refractivity contribution in [2.24, 2.45) is 0 Å². The Hall–Kier alpha value is -2.67. The molecule has 24 heavy (non-hydrogen) atoms. The number of pyridine rings is 1. The largest absolute Gasteiger partial charge is 0.492 e. The van der Waals surface area contributed by atoms with Crippen molar-refractivity contribution >= 4 is 26.6 Å². The zero-order valence-electron chi connectivity index (χ0n) is 12.9. The van der Waals surface area contributed by atoms with E-state index in [4.69, 9.17) is 4.74 Å². The molecule has 0 amide bonds. The first kappa shape index (κ1) is 16.2. The molecule has 0 unspecified atom stereocenters. The standard InChI is InChI=1S/C17H15FN2O3S/c1-2-23-15-9-10-16(14-4-3-11-19-17(14)15)24(21,22)20-13-7-5-12(18)6-8-13/h3-11,20H,2H2,1H3. The fourth-order valence-electron chi connectivity index (χ4n) is 2.35. The molecular formula is C17H15FN2O3S. The van der Waals surface area contributed by atoms with E-state index < -0.39 is 15.8 Å². The zero-order chi connectivity index (χ0) is 17.2. The average molecular weight is 346 g/mol. The number of benzene rings is 2. The molecule has 0 spiro atoms. The number of fused-ring (bicyclic) bond motifs is 1. The van der Waals surface area contributed by atoms with Gasteiger partial charge in [0.2, 0.25) is 0 Å². The lowest BCUT2D eigenvalue weighted by atomic mass is 10.2. The molecule has 3 rings (SSSR count). The van der Waals surface area contributed by atoms with E-state index in [9.17, 15) is 12.8 Å². The fraction of sp³-hybridized carbons (Fsp3) is 0.118. The molecule has 0 aliphatic rings. The van der Waals surface area contributed by atoms with E-state index in [1.54, 1.807) is 24.4 Å². The number of hydrogen-bond acceptors (Lipinski definition) is 4. The van der Waals surface area contributed by atoms with Crippen LogP contribution in [0, 0.1) is 5.82 Å². The highest BCUT2D eigenvalue weighted by Gasteiger charge is 2.20. The maximum Gasteiger partial charge on any atom is 0.262 e. The van der Waals surface area contributed by atoms with Crippen LogP contribution in [0.4, 0.5) is 10.1 Å². The van der Waals surface area contributed by atoms with E-state index in [0.29, 0.717) is 23.3 Å². The molecular weight excluding hydrogens is 331 g/mol. The summed E-state index contributed by atoms with van der Waals surface area (Å²) in [6.07, 6.45) is 1.58. The third-order valence-corrected chi connectivity index (χ3v) is 4.82. The van der Waals surface area contributed by atoms with Crippen LogP contribution in [-0.2, 0) is 10.0 Å². The maximum atomic E-state index is 13.0. The molecule has 0 aliphatic carbocycles. The molecule has 0 radical (unpaired) electrons. The highest BCUT2D eigenvalue weighted by molar-refractivity contribution is 7.93. The minimum absolute atomic E-state index is 0.0818. The number of hydrogen-bond donors (Lipinski definition) is 1. The number of nitrogens with one attached hydrogen (secondary N) is 1. The first-order chi connectivity index (χ1) is 11.5. The number of sulfonamides is 1. The summed E-state index contributed by atoms with van der Waals surface area (Å²) in [7, 11) is -3.85. The second kappa shape index (κ2) is 6.45. The van der Waals surface area contributed by atoms with Crippen LogP contribution < -0.4 is 9.46 Å². The topological polar surface area (TPSA) is 68.3 Å². The van der Waals surface area contributed by atoms with E-state index in [0.717, 1.165) is 0 Å². The average Bonchev–Trinajstić information content (AvgIpc) is 2.57. The Morgan fingerprint density at radius 3 is 2.58 bits per heavy atom. The lowest BCUT2D eigenvalue weighted by molar-refractivity contribution is 0.343. The van der Waals surface area contributed by atoms with Crippen LogP contribution in [-0.4, -0.2) is 20.0 Å². The Morgan fingerprint density at radius 1 is 1.12 bits per heavy atom. The minimum atomic E-state index is -3.85. The van der Waals surface area contributed by atoms with Gasteiger partial charge < -0.3 is 4.74 Å². The van der Waals surface area contributed by atoms with Crippen molar-refractivity contribution in [2.75, 3.05) is 11.3 Å². The van der Waals surface area contributed by atoms with Gasteiger partial charge in [0, 0.05) is 17.3 Å². The van der Waals surface area contributed by atoms with Gasteiger partial charge in [0.1, 0.15) is 17.1 Å². The van der Waals surface area contributed by atoms with Gasteiger partial charge in [-0.2, -0.15) is 0 Å². The van der Waals surface area contributed by atoms with E-state index in [2.05, 4.69) is 9.71 Å². The predicted octanol–water partition coefficient (Wildman–Crippen LogP) is 3.57. The third-order valence-electron chi connectivity index (χ3n) is 3.38. The van der Waals surface area contributed by atoms with Gasteiger partial charge in [-0.3, -0.25) is 9.71 Å². The van der Waals surface area contributed by atoms with Crippen molar-refractivity contribution in [1.82, 2.24) is 4.98 Å². The van der Waals surface area contributed by atoms with Crippen molar-refractivity contribution in [3.63, 3.8) is 0 Å². The normalized spacial score (nSPS) is 11.4. The van der Waals surface area contributed by atoms with Gasteiger partial charge in [0.25, 0.3) is 10.0 Å². The first-order valence-corrected chi connectivity index (χ1v) is 8.78. The van der Waals surface area contributed by atoms with Crippen LogP contribution in [0.25, 0.3) is 10.9 Å². The van der Waals surface area contributed by atoms with Gasteiger partial charge in [-0.05, 0) is 55.5 Å². The number of nitrogens with zero attached hydrogens (tertiary/aromatic N) is 1. The lowest BCUT2D eigenvalue weighted by Gasteiger charge is -2.12. The first-order valence-electron chi connectivity index (χ1n) is 7.30. The van der Waals surface area contributed by atoms with E-state index in [1.807, 2.05) is 6.92 Å². The van der Waals surface area contributed by atoms with Gasteiger partial charge in [-0.1, -0.05) is 0 Å².